The van der Waals surface area contributed by atoms with E-state index in [-0.39, 0.29) is 18.7 Å². The molecule has 0 amide bonds. The minimum absolute atomic E-state index is 0.153. The minimum atomic E-state index is -0.543. The van der Waals surface area contributed by atoms with Crippen LogP contribution in [0.25, 0.3) is 0 Å². The number of benzene rings is 1. The number of esters is 2. The Kier molecular flexibility index (Phi) is 6.48. The molecule has 140 valence electrons. The van der Waals surface area contributed by atoms with Gasteiger partial charge in [0.15, 0.2) is 11.5 Å². The van der Waals surface area contributed by atoms with Crippen LogP contribution in [0.2, 0.25) is 0 Å². The van der Waals surface area contributed by atoms with Crippen molar-refractivity contribution in [1.29, 1.82) is 0 Å². The summed E-state index contributed by atoms with van der Waals surface area (Å²) < 4.78 is 25.6. The van der Waals surface area contributed by atoms with E-state index >= 15 is 0 Å². The lowest BCUT2D eigenvalue weighted by atomic mass is 10.1. The van der Waals surface area contributed by atoms with Crippen molar-refractivity contribution in [3.63, 3.8) is 0 Å². The Morgan fingerprint density at radius 2 is 1.73 bits per heavy atom. The molecule has 1 N–H and O–H groups in total. The molecule has 0 atom stereocenters. The molecular weight excluding hydrogens is 342 g/mol. The summed E-state index contributed by atoms with van der Waals surface area (Å²) in [5.41, 5.74) is 1.02. The molecule has 0 bridgehead atoms. The molecule has 2 rings (SSSR count). The Labute approximate surface area is 151 Å². The van der Waals surface area contributed by atoms with Gasteiger partial charge in [-0.05, 0) is 13.0 Å². The van der Waals surface area contributed by atoms with Gasteiger partial charge >= 0.3 is 11.9 Å². The lowest BCUT2D eigenvalue weighted by molar-refractivity contribution is 0.0522. The van der Waals surface area contributed by atoms with Gasteiger partial charge in [-0.2, -0.15) is 0 Å². The summed E-state index contributed by atoms with van der Waals surface area (Å²) in [6, 6.07) is 4.66. The Hall–Kier alpha value is -3.16. The normalized spacial score (nSPS) is 10.2. The van der Waals surface area contributed by atoms with Gasteiger partial charge in [-0.15, -0.1) is 0 Å². The van der Waals surface area contributed by atoms with Crippen LogP contribution >= 0.6 is 0 Å². The van der Waals surface area contributed by atoms with Crippen molar-refractivity contribution in [2.75, 3.05) is 33.3 Å². The average Bonchev–Trinajstić information content (AvgIpc) is 3.13. The van der Waals surface area contributed by atoms with Crippen molar-refractivity contribution in [1.82, 2.24) is 0 Å². The number of ether oxygens (including phenoxy) is 4. The predicted octanol–water partition coefficient (Wildman–Crippen LogP) is 2.87. The smallest absolute Gasteiger partial charge is 0.341 e. The molecule has 1 aromatic heterocycles. The first-order valence-corrected chi connectivity index (χ1v) is 7.87. The molecule has 0 fully saturated rings. The summed E-state index contributed by atoms with van der Waals surface area (Å²) >= 11 is 0. The van der Waals surface area contributed by atoms with Crippen molar-refractivity contribution in [3.8, 4) is 11.5 Å². The first kappa shape index (κ1) is 19.2. The predicted molar refractivity (Wildman–Crippen MR) is 92.9 cm³/mol. The number of hydrogen-bond donors (Lipinski definition) is 1. The third-order valence-electron chi connectivity index (χ3n) is 3.61. The molecule has 0 saturated heterocycles. The van der Waals surface area contributed by atoms with Crippen LogP contribution in [-0.4, -0.2) is 39.9 Å². The van der Waals surface area contributed by atoms with Gasteiger partial charge in [0.25, 0.3) is 0 Å². The number of anilines is 1. The van der Waals surface area contributed by atoms with Crippen molar-refractivity contribution in [2.24, 2.45) is 0 Å². The van der Waals surface area contributed by atoms with Gasteiger partial charge in [0.1, 0.15) is 11.3 Å². The fourth-order valence-corrected chi connectivity index (χ4v) is 2.35. The van der Waals surface area contributed by atoms with E-state index in [4.69, 9.17) is 23.4 Å². The molecule has 2 aromatic rings. The Morgan fingerprint density at radius 1 is 1.04 bits per heavy atom. The summed E-state index contributed by atoms with van der Waals surface area (Å²) in [5, 5.41) is 3.06. The average molecular weight is 363 g/mol. The number of carbonyl (C=O) groups excluding carboxylic acids is 2. The summed E-state index contributed by atoms with van der Waals surface area (Å²) in [4.78, 5) is 24.0. The second-order valence-corrected chi connectivity index (χ2v) is 5.08. The third-order valence-corrected chi connectivity index (χ3v) is 3.61. The highest BCUT2D eigenvalue weighted by atomic mass is 16.5. The van der Waals surface area contributed by atoms with E-state index in [1.54, 1.807) is 13.0 Å². The molecule has 0 aliphatic rings. The molecule has 0 aliphatic carbocycles. The summed E-state index contributed by atoms with van der Waals surface area (Å²) in [6.45, 7) is 2.14. The number of rotatable bonds is 8. The van der Waals surface area contributed by atoms with Crippen LogP contribution in [0.4, 0.5) is 5.69 Å². The SMILES string of the molecule is CCOC(=O)c1ccoc1CNc1cc(OC)c(OC)cc1C(=O)OC. The standard InChI is InChI=1S/C18H21NO7/c1-5-25-18(21)11-6-7-26-16(11)10-19-13-9-15(23-3)14(22-2)8-12(13)17(20)24-4/h6-9,19H,5,10H2,1-4H3. The zero-order valence-corrected chi connectivity index (χ0v) is 15.1. The van der Waals surface area contributed by atoms with E-state index in [0.717, 1.165) is 0 Å². The number of nitrogens with one attached hydrogen (secondary N) is 1. The second kappa shape index (κ2) is 8.80. The van der Waals surface area contributed by atoms with Crippen LogP contribution in [-0.2, 0) is 16.0 Å². The van der Waals surface area contributed by atoms with Crippen LogP contribution in [0, 0.1) is 0 Å². The molecule has 8 heteroatoms. The van der Waals surface area contributed by atoms with E-state index in [1.807, 2.05) is 0 Å². The summed E-state index contributed by atoms with van der Waals surface area (Å²) in [7, 11) is 4.25. The van der Waals surface area contributed by atoms with Gasteiger partial charge in [0.05, 0.1) is 52.0 Å². The molecule has 0 aliphatic heterocycles. The maximum Gasteiger partial charge on any atom is 0.341 e. The monoisotopic (exact) mass is 363 g/mol. The Morgan fingerprint density at radius 3 is 2.35 bits per heavy atom. The minimum Gasteiger partial charge on any atom is -0.493 e. The first-order chi connectivity index (χ1) is 12.5. The molecule has 8 nitrogen and oxygen atoms in total. The lowest BCUT2D eigenvalue weighted by Gasteiger charge is -2.15. The maximum atomic E-state index is 12.1. The van der Waals surface area contributed by atoms with E-state index in [2.05, 4.69) is 5.32 Å². The topological polar surface area (TPSA) is 96.2 Å². The highest BCUT2D eigenvalue weighted by Gasteiger charge is 2.20. The van der Waals surface area contributed by atoms with Crippen LogP contribution in [0.1, 0.15) is 33.4 Å². The fourth-order valence-electron chi connectivity index (χ4n) is 2.35. The van der Waals surface area contributed by atoms with Gasteiger partial charge in [0, 0.05) is 12.1 Å². The quantitative estimate of drug-likeness (QED) is 0.715. The first-order valence-electron chi connectivity index (χ1n) is 7.87. The van der Waals surface area contributed by atoms with Crippen LogP contribution in [0.5, 0.6) is 11.5 Å². The largest absolute Gasteiger partial charge is 0.493 e. The molecule has 0 radical (unpaired) electrons. The van der Waals surface area contributed by atoms with E-state index < -0.39 is 11.9 Å². The zero-order chi connectivity index (χ0) is 19.1. The molecule has 1 heterocycles. The van der Waals surface area contributed by atoms with Gasteiger partial charge in [-0.25, -0.2) is 9.59 Å². The highest BCUT2D eigenvalue weighted by Crippen LogP contribution is 2.34. The molecule has 1 aromatic carbocycles. The van der Waals surface area contributed by atoms with Crippen molar-refractivity contribution in [3.05, 3.63) is 41.3 Å². The number of hydrogen-bond acceptors (Lipinski definition) is 8. The fraction of sp³-hybridized carbons (Fsp3) is 0.333. The van der Waals surface area contributed by atoms with Crippen LogP contribution in [0.3, 0.4) is 0 Å². The van der Waals surface area contributed by atoms with E-state index in [1.165, 1.54) is 39.7 Å². The van der Waals surface area contributed by atoms with Crippen LogP contribution < -0.4 is 14.8 Å². The van der Waals surface area contributed by atoms with Crippen molar-refractivity contribution in [2.45, 2.75) is 13.5 Å². The van der Waals surface area contributed by atoms with Crippen molar-refractivity contribution < 1.29 is 33.0 Å². The molecule has 0 saturated carbocycles. The maximum absolute atomic E-state index is 12.1. The Bertz CT molecular complexity index is 782. The summed E-state index contributed by atoms with van der Waals surface area (Å²) in [6.07, 6.45) is 1.40. The van der Waals surface area contributed by atoms with E-state index in [0.29, 0.717) is 28.5 Å². The molecule has 0 unspecified atom stereocenters. The molecule has 26 heavy (non-hydrogen) atoms. The summed E-state index contributed by atoms with van der Waals surface area (Å²) in [5.74, 6) is 0.197. The molecular formula is C18H21NO7. The number of furan rings is 1. The number of carbonyl (C=O) groups is 2. The van der Waals surface area contributed by atoms with Crippen molar-refractivity contribution >= 4 is 17.6 Å². The zero-order valence-electron chi connectivity index (χ0n) is 15.1. The number of methoxy groups -OCH3 is 3. The highest BCUT2D eigenvalue weighted by molar-refractivity contribution is 5.97. The lowest BCUT2D eigenvalue weighted by Crippen LogP contribution is -2.11. The van der Waals surface area contributed by atoms with Gasteiger partial charge in [0.2, 0.25) is 0 Å². The van der Waals surface area contributed by atoms with Crippen LogP contribution in [0.15, 0.2) is 28.9 Å². The van der Waals surface area contributed by atoms with Gasteiger partial charge in [-0.3, -0.25) is 0 Å². The van der Waals surface area contributed by atoms with Gasteiger partial charge in [-0.1, -0.05) is 0 Å². The Balaban J connectivity index is 2.30. The third kappa shape index (κ3) is 4.08. The van der Waals surface area contributed by atoms with E-state index in [9.17, 15) is 9.59 Å². The molecule has 0 spiro atoms. The van der Waals surface area contributed by atoms with Gasteiger partial charge < -0.3 is 28.7 Å². The second-order valence-electron chi connectivity index (χ2n) is 5.08.